The first kappa shape index (κ1) is 18.9. The summed E-state index contributed by atoms with van der Waals surface area (Å²) in [5.74, 6) is 0.685. The van der Waals surface area contributed by atoms with Crippen molar-refractivity contribution in [1.29, 1.82) is 0 Å². The molecule has 134 valence electrons. The third kappa shape index (κ3) is 5.27. The van der Waals surface area contributed by atoms with E-state index in [1.165, 1.54) is 32.4 Å². The monoisotopic (exact) mass is 352 g/mol. The smallest absolute Gasteiger partial charge is 0.178 e. The lowest BCUT2D eigenvalue weighted by atomic mass is 10.1. The van der Waals surface area contributed by atoms with Crippen molar-refractivity contribution in [2.75, 3.05) is 14.2 Å². The Balaban J connectivity index is 1.97. The molecule has 0 unspecified atom stereocenters. The van der Waals surface area contributed by atoms with Gasteiger partial charge >= 0.3 is 0 Å². The quantitative estimate of drug-likeness (QED) is 0.582. The number of hydrogen-bond acceptors (Lipinski definition) is 5. The van der Waals surface area contributed by atoms with Gasteiger partial charge in [0, 0.05) is 0 Å². The fraction of sp³-hybridized carbons (Fsp3) is 0.0952. The number of carbonyl (C=O) groups is 1. The maximum absolute atomic E-state index is 11.9. The maximum Gasteiger partial charge on any atom is 0.178 e. The summed E-state index contributed by atoms with van der Waals surface area (Å²) in [7, 11) is 2.95. The summed E-state index contributed by atoms with van der Waals surface area (Å²) in [6.07, 6.45) is 9.65. The molecule has 0 saturated heterocycles. The molecule has 5 heteroatoms. The summed E-state index contributed by atoms with van der Waals surface area (Å²) in [6.45, 7) is 0. The Kier molecular flexibility index (Phi) is 6.62. The Bertz CT molecular complexity index is 863. The van der Waals surface area contributed by atoms with Gasteiger partial charge in [-0.25, -0.2) is 0 Å². The summed E-state index contributed by atoms with van der Waals surface area (Å²) in [5, 5.41) is 19.1. The van der Waals surface area contributed by atoms with E-state index in [1.807, 2.05) is 0 Å². The molecule has 0 aliphatic heterocycles. The number of rotatable bonds is 7. The summed E-state index contributed by atoms with van der Waals surface area (Å²) in [6, 6.07) is 9.81. The van der Waals surface area contributed by atoms with Gasteiger partial charge in [-0.15, -0.1) is 0 Å². The first-order chi connectivity index (χ1) is 12.5. The zero-order chi connectivity index (χ0) is 18.9. The Hall–Kier alpha value is -3.47. The third-order valence-electron chi connectivity index (χ3n) is 3.51. The molecule has 2 N–H and O–H groups in total. The molecule has 0 atom stereocenters. The van der Waals surface area contributed by atoms with Crippen LogP contribution >= 0.6 is 0 Å². The zero-order valence-electron chi connectivity index (χ0n) is 14.5. The number of methoxy groups -OCH3 is 2. The van der Waals surface area contributed by atoms with Crippen LogP contribution in [0.3, 0.4) is 0 Å². The van der Waals surface area contributed by atoms with Gasteiger partial charge in [0.05, 0.1) is 14.2 Å². The van der Waals surface area contributed by atoms with Crippen LogP contribution in [0.2, 0.25) is 0 Å². The minimum atomic E-state index is -0.176. The van der Waals surface area contributed by atoms with Crippen LogP contribution in [0.5, 0.6) is 23.0 Å². The van der Waals surface area contributed by atoms with Crippen molar-refractivity contribution in [2.24, 2.45) is 0 Å². The van der Waals surface area contributed by atoms with Crippen LogP contribution in [-0.2, 0) is 4.79 Å². The summed E-state index contributed by atoms with van der Waals surface area (Å²) in [5.41, 5.74) is 1.58. The number of ether oxygens (including phenoxy) is 2. The Morgan fingerprint density at radius 3 is 1.88 bits per heavy atom. The molecule has 0 saturated carbocycles. The average molecular weight is 352 g/mol. The highest BCUT2D eigenvalue weighted by Gasteiger charge is 2.01. The molecule has 0 aliphatic carbocycles. The Labute approximate surface area is 152 Å². The molecule has 2 rings (SSSR count). The first-order valence-electron chi connectivity index (χ1n) is 7.84. The molecular formula is C21H20O5. The predicted molar refractivity (Wildman–Crippen MR) is 102 cm³/mol. The van der Waals surface area contributed by atoms with Crippen molar-refractivity contribution in [2.45, 2.75) is 0 Å². The van der Waals surface area contributed by atoms with E-state index in [9.17, 15) is 15.0 Å². The van der Waals surface area contributed by atoms with Crippen molar-refractivity contribution >= 4 is 17.9 Å². The molecule has 2 aromatic carbocycles. The van der Waals surface area contributed by atoms with Crippen molar-refractivity contribution in [3.8, 4) is 23.0 Å². The second kappa shape index (κ2) is 9.13. The van der Waals surface area contributed by atoms with Gasteiger partial charge in [-0.3, -0.25) is 4.79 Å². The minimum Gasteiger partial charge on any atom is -0.504 e. The van der Waals surface area contributed by atoms with Crippen molar-refractivity contribution in [1.82, 2.24) is 0 Å². The molecule has 0 radical (unpaired) electrons. The van der Waals surface area contributed by atoms with E-state index >= 15 is 0 Å². The van der Waals surface area contributed by atoms with Crippen molar-refractivity contribution < 1.29 is 24.5 Å². The second-order valence-corrected chi connectivity index (χ2v) is 5.32. The van der Waals surface area contributed by atoms with Gasteiger partial charge in [-0.2, -0.15) is 0 Å². The predicted octanol–water partition coefficient (Wildman–Crippen LogP) is 3.97. The van der Waals surface area contributed by atoms with Gasteiger partial charge in [0.2, 0.25) is 0 Å². The van der Waals surface area contributed by atoms with Crippen LogP contribution < -0.4 is 9.47 Å². The van der Waals surface area contributed by atoms with Gasteiger partial charge in [-0.1, -0.05) is 36.4 Å². The van der Waals surface area contributed by atoms with Crippen LogP contribution in [0.25, 0.3) is 12.2 Å². The standard InChI is InChI=1S/C21H20O5/c1-25-20-13-15(8-11-18(20)23)5-3-4-6-17(22)10-7-16-9-12-19(24)21(14-16)26-2/h3-14,23-24H,1-2H3/b5-3+,6-4-,10-7+. The summed E-state index contributed by atoms with van der Waals surface area (Å²) >= 11 is 0. The van der Waals surface area contributed by atoms with Crippen molar-refractivity contribution in [3.05, 3.63) is 71.8 Å². The molecule has 0 spiro atoms. The number of carbonyl (C=O) groups excluding carboxylic acids is 1. The lowest BCUT2D eigenvalue weighted by Crippen LogP contribution is -1.86. The van der Waals surface area contributed by atoms with E-state index in [-0.39, 0.29) is 17.3 Å². The number of benzene rings is 2. The fourth-order valence-electron chi connectivity index (χ4n) is 2.15. The number of phenols is 2. The van der Waals surface area contributed by atoms with E-state index in [2.05, 4.69) is 0 Å². The first-order valence-corrected chi connectivity index (χ1v) is 7.84. The fourth-order valence-corrected chi connectivity index (χ4v) is 2.15. The molecule has 0 aromatic heterocycles. The largest absolute Gasteiger partial charge is 0.504 e. The van der Waals surface area contributed by atoms with E-state index in [0.29, 0.717) is 11.5 Å². The molecule has 0 aliphatic rings. The number of hydrogen-bond donors (Lipinski definition) is 2. The van der Waals surface area contributed by atoms with E-state index in [1.54, 1.807) is 54.6 Å². The van der Waals surface area contributed by atoms with Gasteiger partial charge in [-0.05, 0) is 47.5 Å². The number of aromatic hydroxyl groups is 2. The van der Waals surface area contributed by atoms with Crippen LogP contribution in [0.15, 0.2) is 60.7 Å². The third-order valence-corrected chi connectivity index (χ3v) is 3.51. The number of ketones is 1. The van der Waals surface area contributed by atoms with Crippen molar-refractivity contribution in [3.63, 3.8) is 0 Å². The van der Waals surface area contributed by atoms with E-state index < -0.39 is 0 Å². The molecule has 2 aromatic rings. The van der Waals surface area contributed by atoms with Crippen LogP contribution in [-0.4, -0.2) is 30.2 Å². The van der Waals surface area contributed by atoms with Crippen LogP contribution in [0, 0.1) is 0 Å². The molecule has 26 heavy (non-hydrogen) atoms. The highest BCUT2D eigenvalue weighted by atomic mass is 16.5. The molecule has 0 heterocycles. The maximum atomic E-state index is 11.9. The molecular weight excluding hydrogens is 332 g/mol. The number of phenolic OH excluding ortho intramolecular Hbond substituents is 2. The lowest BCUT2D eigenvalue weighted by Gasteiger charge is -2.03. The molecule has 5 nitrogen and oxygen atoms in total. The highest BCUT2D eigenvalue weighted by Crippen LogP contribution is 2.27. The minimum absolute atomic E-state index is 0.0480. The normalized spacial score (nSPS) is 11.5. The molecule has 0 fully saturated rings. The lowest BCUT2D eigenvalue weighted by molar-refractivity contribution is -0.110. The van der Waals surface area contributed by atoms with Gasteiger partial charge < -0.3 is 19.7 Å². The van der Waals surface area contributed by atoms with E-state index in [4.69, 9.17) is 9.47 Å². The topological polar surface area (TPSA) is 76.0 Å². The SMILES string of the molecule is COc1cc(/C=C/C=C\C(=O)/C=C/c2ccc(O)c(OC)c2)ccc1O. The zero-order valence-corrected chi connectivity index (χ0v) is 14.5. The summed E-state index contributed by atoms with van der Waals surface area (Å²) in [4.78, 5) is 11.9. The molecule has 0 bridgehead atoms. The Morgan fingerprint density at radius 1 is 0.808 bits per heavy atom. The summed E-state index contributed by atoms with van der Waals surface area (Å²) < 4.78 is 10.1. The van der Waals surface area contributed by atoms with Crippen LogP contribution in [0.1, 0.15) is 11.1 Å². The van der Waals surface area contributed by atoms with Crippen LogP contribution in [0.4, 0.5) is 0 Å². The van der Waals surface area contributed by atoms with Gasteiger partial charge in [0.25, 0.3) is 0 Å². The Morgan fingerprint density at radius 2 is 1.35 bits per heavy atom. The average Bonchev–Trinajstić information content (AvgIpc) is 2.65. The van der Waals surface area contributed by atoms with E-state index in [0.717, 1.165) is 11.1 Å². The highest BCUT2D eigenvalue weighted by molar-refractivity contribution is 6.02. The van der Waals surface area contributed by atoms with Gasteiger partial charge in [0.15, 0.2) is 28.8 Å². The second-order valence-electron chi connectivity index (χ2n) is 5.32. The number of allylic oxidation sites excluding steroid dienone is 4. The molecule has 0 amide bonds. The van der Waals surface area contributed by atoms with Gasteiger partial charge in [0.1, 0.15) is 0 Å².